The number of nitrogens with zero attached hydrogens (tertiary/aromatic N) is 4. The lowest BCUT2D eigenvalue weighted by molar-refractivity contribution is -0.113. The minimum absolute atomic E-state index is 0.138. The Kier molecular flexibility index (Phi) is 8.63. The van der Waals surface area contributed by atoms with Gasteiger partial charge in [0.15, 0.2) is 16.1 Å². The van der Waals surface area contributed by atoms with Crippen molar-refractivity contribution >= 4 is 63.2 Å². The third-order valence-corrected chi connectivity index (χ3v) is 7.40. The highest BCUT2D eigenvalue weighted by atomic mass is 35.5. The summed E-state index contributed by atoms with van der Waals surface area (Å²) in [6, 6.07) is 14.0. The highest BCUT2D eigenvalue weighted by molar-refractivity contribution is 7.99. The lowest BCUT2D eigenvalue weighted by Gasteiger charge is -2.15. The van der Waals surface area contributed by atoms with Crippen LogP contribution in [0, 0.1) is 0 Å². The predicted molar refractivity (Wildman–Crippen MR) is 145 cm³/mol. The first-order valence-electron chi connectivity index (χ1n) is 11.0. The second-order valence-electron chi connectivity index (χ2n) is 7.65. The number of hydrogen-bond acceptors (Lipinski definition) is 7. The molecular formula is C24H22Cl2N6O2S2. The molecule has 2 heterocycles. The van der Waals surface area contributed by atoms with E-state index in [0.29, 0.717) is 33.2 Å². The molecule has 36 heavy (non-hydrogen) atoms. The van der Waals surface area contributed by atoms with Crippen LogP contribution in [-0.2, 0) is 11.3 Å². The molecule has 0 spiro atoms. The Bertz CT molecular complexity index is 1380. The van der Waals surface area contributed by atoms with E-state index >= 15 is 0 Å². The van der Waals surface area contributed by atoms with Crippen molar-refractivity contribution < 1.29 is 9.59 Å². The van der Waals surface area contributed by atoms with Crippen LogP contribution >= 0.6 is 46.3 Å². The number of amides is 2. The standard InChI is InChI=1S/C24H22Cl2N6O2S2/c1-3-32-21(14(2)27-22(34)17-10-9-16(25)11-18(17)26)30-31-24(32)36-13-20(33)29-23-28-19(12-35-23)15-7-5-4-6-8-15/h4-12,14H,3,13H2,1-2H3,(H,27,34)(H,28,29,33)/t14-/m1/s1. The van der Waals surface area contributed by atoms with Gasteiger partial charge in [0.05, 0.1) is 28.1 Å². The maximum Gasteiger partial charge on any atom is 0.253 e. The van der Waals surface area contributed by atoms with Crippen molar-refractivity contribution in [2.24, 2.45) is 0 Å². The van der Waals surface area contributed by atoms with Gasteiger partial charge >= 0.3 is 0 Å². The molecule has 12 heteroatoms. The Hall–Kier alpha value is -2.92. The van der Waals surface area contributed by atoms with Gasteiger partial charge in [0.2, 0.25) is 5.91 Å². The van der Waals surface area contributed by atoms with Crippen LogP contribution in [0.5, 0.6) is 0 Å². The minimum Gasteiger partial charge on any atom is -0.342 e. The molecule has 186 valence electrons. The van der Waals surface area contributed by atoms with Gasteiger partial charge < -0.3 is 15.2 Å². The van der Waals surface area contributed by atoms with E-state index in [9.17, 15) is 9.59 Å². The fourth-order valence-corrected chi connectivity index (χ4v) is 5.43. The van der Waals surface area contributed by atoms with E-state index in [1.807, 2.05) is 54.1 Å². The molecule has 0 saturated carbocycles. The fraction of sp³-hybridized carbons (Fsp3) is 0.208. The van der Waals surface area contributed by atoms with Crippen LogP contribution in [0.4, 0.5) is 5.13 Å². The molecule has 0 bridgehead atoms. The summed E-state index contributed by atoms with van der Waals surface area (Å²) >= 11 is 14.7. The zero-order chi connectivity index (χ0) is 25.7. The quantitative estimate of drug-likeness (QED) is 0.245. The van der Waals surface area contributed by atoms with Crippen molar-refractivity contribution in [3.63, 3.8) is 0 Å². The largest absolute Gasteiger partial charge is 0.342 e. The normalized spacial score (nSPS) is 11.8. The Balaban J connectivity index is 1.36. The summed E-state index contributed by atoms with van der Waals surface area (Å²) in [5.74, 6) is 0.173. The van der Waals surface area contributed by atoms with Gasteiger partial charge in [0.25, 0.3) is 5.91 Å². The Morgan fingerprint density at radius 1 is 1.14 bits per heavy atom. The van der Waals surface area contributed by atoms with Gasteiger partial charge in [-0.1, -0.05) is 65.3 Å². The third-order valence-electron chi connectivity index (χ3n) is 5.12. The second kappa shape index (κ2) is 11.9. The number of carbonyl (C=O) groups is 2. The van der Waals surface area contributed by atoms with Gasteiger partial charge in [-0.3, -0.25) is 9.59 Å². The molecule has 2 amide bonds. The summed E-state index contributed by atoms with van der Waals surface area (Å²) in [6.07, 6.45) is 0. The van der Waals surface area contributed by atoms with E-state index in [-0.39, 0.29) is 22.6 Å². The fourth-order valence-electron chi connectivity index (χ4n) is 3.40. The summed E-state index contributed by atoms with van der Waals surface area (Å²) in [4.78, 5) is 29.7. The lowest BCUT2D eigenvalue weighted by atomic mass is 10.2. The van der Waals surface area contributed by atoms with Crippen LogP contribution in [0.2, 0.25) is 10.0 Å². The zero-order valence-corrected chi connectivity index (χ0v) is 22.5. The van der Waals surface area contributed by atoms with E-state index in [4.69, 9.17) is 23.2 Å². The summed E-state index contributed by atoms with van der Waals surface area (Å²) in [6.45, 7) is 4.33. The molecule has 1 atom stereocenters. The summed E-state index contributed by atoms with van der Waals surface area (Å²) < 4.78 is 1.86. The number of halogens is 2. The maximum absolute atomic E-state index is 12.7. The average molecular weight is 562 g/mol. The molecule has 8 nitrogen and oxygen atoms in total. The molecule has 0 fully saturated rings. The number of hydrogen-bond donors (Lipinski definition) is 2. The van der Waals surface area contributed by atoms with Crippen LogP contribution < -0.4 is 10.6 Å². The SMILES string of the molecule is CCn1c(SCC(=O)Nc2nc(-c3ccccc3)cs2)nnc1[C@@H](C)NC(=O)c1ccc(Cl)cc1Cl. The number of nitrogens with one attached hydrogen (secondary N) is 2. The Morgan fingerprint density at radius 2 is 1.92 bits per heavy atom. The van der Waals surface area contributed by atoms with Gasteiger partial charge in [-0.2, -0.15) is 0 Å². The van der Waals surface area contributed by atoms with Gasteiger partial charge in [0.1, 0.15) is 0 Å². The van der Waals surface area contributed by atoms with Crippen molar-refractivity contribution in [1.82, 2.24) is 25.1 Å². The average Bonchev–Trinajstić information content (AvgIpc) is 3.50. The molecule has 2 N–H and O–H groups in total. The molecule has 0 saturated heterocycles. The van der Waals surface area contributed by atoms with Gasteiger partial charge in [0, 0.05) is 22.5 Å². The van der Waals surface area contributed by atoms with E-state index < -0.39 is 6.04 Å². The van der Waals surface area contributed by atoms with Crippen LogP contribution in [-0.4, -0.2) is 37.3 Å². The van der Waals surface area contributed by atoms with E-state index in [1.54, 1.807) is 12.1 Å². The molecule has 0 aliphatic carbocycles. The first kappa shape index (κ1) is 26.2. The summed E-state index contributed by atoms with van der Waals surface area (Å²) in [7, 11) is 0. The van der Waals surface area contributed by atoms with Crippen LogP contribution in [0.3, 0.4) is 0 Å². The topological polar surface area (TPSA) is 102 Å². The van der Waals surface area contributed by atoms with Crippen molar-refractivity contribution in [2.75, 3.05) is 11.1 Å². The number of benzene rings is 2. The third kappa shape index (κ3) is 6.25. The first-order valence-corrected chi connectivity index (χ1v) is 13.6. The minimum atomic E-state index is -0.438. The van der Waals surface area contributed by atoms with Crippen molar-refractivity contribution in [2.45, 2.75) is 31.6 Å². The number of carbonyl (C=O) groups excluding carboxylic acids is 2. The smallest absolute Gasteiger partial charge is 0.253 e. The van der Waals surface area contributed by atoms with E-state index in [0.717, 1.165) is 11.3 Å². The van der Waals surface area contributed by atoms with Crippen LogP contribution in [0.1, 0.15) is 36.1 Å². The first-order chi connectivity index (χ1) is 17.4. The van der Waals surface area contributed by atoms with E-state index in [2.05, 4.69) is 25.8 Å². The molecule has 2 aromatic heterocycles. The van der Waals surface area contributed by atoms with Crippen molar-refractivity contribution in [1.29, 1.82) is 0 Å². The zero-order valence-electron chi connectivity index (χ0n) is 19.4. The van der Waals surface area contributed by atoms with Crippen molar-refractivity contribution in [3.05, 3.63) is 75.3 Å². The number of anilines is 1. The molecule has 2 aromatic carbocycles. The Labute approximate surface area is 226 Å². The van der Waals surface area contributed by atoms with Crippen LogP contribution in [0.25, 0.3) is 11.3 Å². The lowest BCUT2D eigenvalue weighted by Crippen LogP contribution is -2.29. The molecular weight excluding hydrogens is 539 g/mol. The summed E-state index contributed by atoms with van der Waals surface area (Å²) in [5.41, 5.74) is 2.13. The second-order valence-corrected chi connectivity index (χ2v) is 10.3. The predicted octanol–water partition coefficient (Wildman–Crippen LogP) is 5.95. The van der Waals surface area contributed by atoms with Gasteiger partial charge in [-0.25, -0.2) is 4.98 Å². The molecule has 4 aromatic rings. The molecule has 0 aliphatic heterocycles. The molecule has 0 radical (unpaired) electrons. The van der Waals surface area contributed by atoms with E-state index in [1.165, 1.54) is 29.2 Å². The number of aromatic nitrogens is 4. The molecule has 4 rings (SSSR count). The highest BCUT2D eigenvalue weighted by Crippen LogP contribution is 2.26. The number of thioether (sulfide) groups is 1. The van der Waals surface area contributed by atoms with Gasteiger partial charge in [-0.05, 0) is 32.0 Å². The highest BCUT2D eigenvalue weighted by Gasteiger charge is 2.21. The Morgan fingerprint density at radius 3 is 2.64 bits per heavy atom. The van der Waals surface area contributed by atoms with Crippen LogP contribution in [0.15, 0.2) is 59.1 Å². The van der Waals surface area contributed by atoms with Crippen molar-refractivity contribution in [3.8, 4) is 11.3 Å². The number of rotatable bonds is 9. The monoisotopic (exact) mass is 560 g/mol. The summed E-state index contributed by atoms with van der Waals surface area (Å²) in [5, 5.41) is 17.9. The number of thiazole rings is 1. The van der Waals surface area contributed by atoms with Gasteiger partial charge in [-0.15, -0.1) is 21.5 Å². The molecule has 0 unspecified atom stereocenters. The maximum atomic E-state index is 12.7. The molecule has 0 aliphatic rings.